The summed E-state index contributed by atoms with van der Waals surface area (Å²) < 4.78 is 5.40. The number of ether oxygens (including phenoxy) is 1. The number of hydrogen-bond donors (Lipinski definition) is 1. The molecule has 21 heavy (non-hydrogen) atoms. The summed E-state index contributed by atoms with van der Waals surface area (Å²) >= 11 is 0. The fraction of sp³-hybridized carbons (Fsp3) is 0.692. The van der Waals surface area contributed by atoms with E-state index >= 15 is 0 Å². The third kappa shape index (κ3) is 3.78. The van der Waals surface area contributed by atoms with Crippen LogP contribution < -0.4 is 10.2 Å². The normalized spacial score (nSPS) is 15.6. The molecule has 0 saturated carbocycles. The first-order valence-electron chi connectivity index (χ1n) is 7.23. The number of nitro groups is 1. The zero-order valence-corrected chi connectivity index (χ0v) is 12.5. The van der Waals surface area contributed by atoms with Crippen LogP contribution in [-0.4, -0.2) is 47.7 Å². The maximum atomic E-state index is 11.3. The molecule has 2 rings (SSSR count). The molecule has 1 saturated heterocycles. The fourth-order valence-electron chi connectivity index (χ4n) is 2.26. The van der Waals surface area contributed by atoms with Gasteiger partial charge >= 0.3 is 5.69 Å². The number of aromatic nitrogens is 2. The Balaban J connectivity index is 2.38. The molecule has 0 aromatic carbocycles. The molecular formula is C13H21N5O3. The molecule has 0 radical (unpaired) electrons. The minimum atomic E-state index is -0.403. The predicted octanol–water partition coefficient (Wildman–Crippen LogP) is 1.74. The smallest absolute Gasteiger partial charge is 0.332 e. The first-order chi connectivity index (χ1) is 10.1. The number of nitrogens with one attached hydrogen (secondary N) is 1. The summed E-state index contributed by atoms with van der Waals surface area (Å²) in [7, 11) is 0. The molecule has 0 unspecified atom stereocenters. The van der Waals surface area contributed by atoms with E-state index in [2.05, 4.69) is 15.3 Å². The second kappa shape index (κ2) is 7.16. The van der Waals surface area contributed by atoms with Crippen LogP contribution in [0.25, 0.3) is 0 Å². The largest absolute Gasteiger partial charge is 0.380 e. The van der Waals surface area contributed by atoms with E-state index in [1.54, 1.807) is 6.92 Å². The maximum Gasteiger partial charge on any atom is 0.332 e. The molecule has 0 atom stereocenters. The van der Waals surface area contributed by atoms with Crippen molar-refractivity contribution < 1.29 is 9.66 Å². The van der Waals surface area contributed by atoms with Crippen LogP contribution in [-0.2, 0) is 4.74 Å². The van der Waals surface area contributed by atoms with Crippen LogP contribution in [0.1, 0.15) is 25.5 Å². The summed E-state index contributed by atoms with van der Waals surface area (Å²) in [6, 6.07) is 0. The third-order valence-electron chi connectivity index (χ3n) is 3.28. The molecule has 1 aliphatic heterocycles. The molecule has 1 N–H and O–H groups in total. The molecular weight excluding hydrogens is 274 g/mol. The van der Waals surface area contributed by atoms with Gasteiger partial charge in [0.2, 0.25) is 11.8 Å². The van der Waals surface area contributed by atoms with Crippen molar-refractivity contribution in [1.82, 2.24) is 9.97 Å². The second-order valence-corrected chi connectivity index (χ2v) is 4.94. The molecule has 0 aliphatic carbocycles. The Morgan fingerprint density at radius 1 is 1.38 bits per heavy atom. The maximum absolute atomic E-state index is 11.3. The Bertz CT molecular complexity index is 501. The minimum Gasteiger partial charge on any atom is -0.380 e. The average molecular weight is 295 g/mol. The van der Waals surface area contributed by atoms with Crippen LogP contribution in [0.4, 0.5) is 17.5 Å². The summed E-state index contributed by atoms with van der Waals surface area (Å²) in [6.45, 7) is 6.95. The van der Waals surface area contributed by atoms with Gasteiger partial charge in [-0.3, -0.25) is 10.1 Å². The van der Waals surface area contributed by atoms with Crippen molar-refractivity contribution in [3.63, 3.8) is 0 Å². The lowest BCUT2D eigenvalue weighted by molar-refractivity contribution is -0.385. The Hall–Kier alpha value is -1.96. The van der Waals surface area contributed by atoms with Crippen molar-refractivity contribution in [2.45, 2.75) is 26.7 Å². The molecule has 2 heterocycles. The summed E-state index contributed by atoms with van der Waals surface area (Å²) in [4.78, 5) is 21.4. The van der Waals surface area contributed by atoms with Gasteiger partial charge in [0.25, 0.3) is 0 Å². The summed E-state index contributed by atoms with van der Waals surface area (Å²) in [5.41, 5.74) is 0.368. The van der Waals surface area contributed by atoms with E-state index in [1.165, 1.54) is 0 Å². The van der Waals surface area contributed by atoms with Gasteiger partial charge in [-0.05, 0) is 19.8 Å². The minimum absolute atomic E-state index is 0.0149. The topological polar surface area (TPSA) is 93.4 Å². The Morgan fingerprint density at radius 3 is 2.90 bits per heavy atom. The number of nitrogens with zero attached hydrogens (tertiary/aromatic N) is 4. The lowest BCUT2D eigenvalue weighted by Crippen LogP contribution is -2.28. The van der Waals surface area contributed by atoms with Gasteiger partial charge in [-0.1, -0.05) is 6.92 Å². The van der Waals surface area contributed by atoms with Crippen LogP contribution in [0.5, 0.6) is 0 Å². The van der Waals surface area contributed by atoms with Gasteiger partial charge in [-0.15, -0.1) is 0 Å². The molecule has 0 spiro atoms. The predicted molar refractivity (Wildman–Crippen MR) is 79.9 cm³/mol. The highest BCUT2D eigenvalue weighted by molar-refractivity contribution is 5.62. The molecule has 8 heteroatoms. The van der Waals surface area contributed by atoms with Crippen molar-refractivity contribution in [3.05, 3.63) is 15.8 Å². The number of hydrogen-bond acceptors (Lipinski definition) is 7. The van der Waals surface area contributed by atoms with Crippen molar-refractivity contribution in [2.24, 2.45) is 0 Å². The highest BCUT2D eigenvalue weighted by Crippen LogP contribution is 2.30. The Kier molecular flexibility index (Phi) is 5.26. The van der Waals surface area contributed by atoms with E-state index in [9.17, 15) is 10.1 Å². The van der Waals surface area contributed by atoms with Crippen LogP contribution in [0.2, 0.25) is 0 Å². The van der Waals surface area contributed by atoms with Gasteiger partial charge < -0.3 is 15.0 Å². The zero-order chi connectivity index (χ0) is 15.2. The average Bonchev–Trinajstić information content (AvgIpc) is 2.72. The quantitative estimate of drug-likeness (QED) is 0.653. The Labute approximate surface area is 123 Å². The van der Waals surface area contributed by atoms with Gasteiger partial charge in [0.15, 0.2) is 0 Å². The van der Waals surface area contributed by atoms with E-state index in [4.69, 9.17) is 4.74 Å². The number of aryl methyl sites for hydroxylation is 1. The lowest BCUT2D eigenvalue weighted by atomic mass is 10.3. The van der Waals surface area contributed by atoms with Crippen molar-refractivity contribution in [3.8, 4) is 0 Å². The standard InChI is InChI=1S/C13H21N5O3/c1-3-5-14-13-15-10(2)11(18(19)20)12(16-13)17-6-4-8-21-9-7-17/h3-9H2,1-2H3,(H,14,15,16). The lowest BCUT2D eigenvalue weighted by Gasteiger charge is -2.21. The van der Waals surface area contributed by atoms with E-state index in [1.807, 2.05) is 11.8 Å². The van der Waals surface area contributed by atoms with E-state index in [0.717, 1.165) is 19.4 Å². The van der Waals surface area contributed by atoms with E-state index < -0.39 is 4.92 Å². The molecule has 116 valence electrons. The SMILES string of the molecule is CCCNc1nc(C)c([N+](=O)[O-])c(N2CCCOCC2)n1. The summed E-state index contributed by atoms with van der Waals surface area (Å²) in [5, 5.41) is 14.4. The highest BCUT2D eigenvalue weighted by Gasteiger charge is 2.27. The molecule has 1 fully saturated rings. The molecule has 0 bridgehead atoms. The Morgan fingerprint density at radius 2 is 2.19 bits per heavy atom. The van der Waals surface area contributed by atoms with Gasteiger partial charge in [-0.2, -0.15) is 4.98 Å². The van der Waals surface area contributed by atoms with Gasteiger partial charge in [0.05, 0.1) is 11.5 Å². The number of rotatable bonds is 5. The van der Waals surface area contributed by atoms with Crippen LogP contribution in [0.3, 0.4) is 0 Å². The van der Waals surface area contributed by atoms with E-state index in [0.29, 0.717) is 43.8 Å². The first-order valence-corrected chi connectivity index (χ1v) is 7.23. The van der Waals surface area contributed by atoms with Gasteiger partial charge in [0, 0.05) is 26.2 Å². The van der Waals surface area contributed by atoms with Crippen molar-refractivity contribution in [2.75, 3.05) is 43.1 Å². The summed E-state index contributed by atoms with van der Waals surface area (Å²) in [6.07, 6.45) is 1.77. The summed E-state index contributed by atoms with van der Waals surface area (Å²) in [5.74, 6) is 0.830. The fourth-order valence-corrected chi connectivity index (χ4v) is 2.26. The van der Waals surface area contributed by atoms with Crippen molar-refractivity contribution in [1.29, 1.82) is 0 Å². The van der Waals surface area contributed by atoms with Gasteiger partial charge in [0.1, 0.15) is 5.69 Å². The van der Waals surface area contributed by atoms with E-state index in [-0.39, 0.29) is 5.69 Å². The molecule has 8 nitrogen and oxygen atoms in total. The molecule has 0 amide bonds. The molecule has 1 aromatic rings. The first kappa shape index (κ1) is 15.4. The third-order valence-corrected chi connectivity index (χ3v) is 3.28. The van der Waals surface area contributed by atoms with Gasteiger partial charge in [-0.25, -0.2) is 4.98 Å². The van der Waals surface area contributed by atoms with Crippen LogP contribution >= 0.6 is 0 Å². The number of anilines is 2. The van der Waals surface area contributed by atoms with Crippen LogP contribution in [0.15, 0.2) is 0 Å². The molecule has 1 aliphatic rings. The monoisotopic (exact) mass is 295 g/mol. The van der Waals surface area contributed by atoms with Crippen molar-refractivity contribution >= 4 is 17.5 Å². The van der Waals surface area contributed by atoms with Crippen LogP contribution in [0, 0.1) is 17.0 Å². The molecule has 1 aromatic heterocycles. The zero-order valence-electron chi connectivity index (χ0n) is 12.5. The second-order valence-electron chi connectivity index (χ2n) is 4.94. The highest BCUT2D eigenvalue weighted by atomic mass is 16.6.